The molecule has 0 aromatic heterocycles. The van der Waals surface area contributed by atoms with Crippen LogP contribution in [0.15, 0.2) is 18.2 Å². The van der Waals surface area contributed by atoms with Gasteiger partial charge in [-0.1, -0.05) is 13.8 Å². The molecule has 0 spiro atoms. The average molecular weight is 285 g/mol. The molecule has 0 aliphatic heterocycles. The Balaban J connectivity index is 2.30. The second-order valence-corrected chi connectivity index (χ2v) is 4.39. The second kappa shape index (κ2) is 8.47. The quantitative estimate of drug-likeness (QED) is 0.757. The van der Waals surface area contributed by atoms with Crippen LogP contribution in [0.25, 0.3) is 0 Å². The first-order chi connectivity index (χ1) is 9.56. The lowest BCUT2D eigenvalue weighted by molar-refractivity contribution is 0.250. The molecule has 0 fully saturated rings. The number of hydrogen-bond donors (Lipinski definition) is 2. The number of rotatable bonds is 7. The average Bonchev–Trinajstić information content (AvgIpc) is 2.42. The fraction of sp³-hybridized carbons (Fsp3) is 0.500. The topological polar surface area (TPSA) is 44.4 Å². The van der Waals surface area contributed by atoms with Gasteiger partial charge in [0.2, 0.25) is 0 Å². The predicted octanol–water partition coefficient (Wildman–Crippen LogP) is 2.82. The highest BCUT2D eigenvalue weighted by Gasteiger charge is 2.07. The number of nitrogens with zero attached hydrogens (tertiary/aromatic N) is 1. The van der Waals surface area contributed by atoms with Crippen molar-refractivity contribution in [1.82, 2.24) is 10.2 Å². The summed E-state index contributed by atoms with van der Waals surface area (Å²) in [4.78, 5) is 13.8. The van der Waals surface area contributed by atoms with Crippen LogP contribution in [0.5, 0.6) is 0 Å². The van der Waals surface area contributed by atoms with E-state index in [1.54, 1.807) is 0 Å². The number of halogens is 2. The van der Waals surface area contributed by atoms with E-state index in [2.05, 4.69) is 29.4 Å². The van der Waals surface area contributed by atoms with Crippen molar-refractivity contribution >= 4 is 11.7 Å². The number of carbonyl (C=O) groups is 1. The minimum absolute atomic E-state index is 0.0346. The van der Waals surface area contributed by atoms with Gasteiger partial charge in [0.15, 0.2) is 0 Å². The van der Waals surface area contributed by atoms with Gasteiger partial charge in [0.05, 0.1) is 5.69 Å². The number of hydrogen-bond acceptors (Lipinski definition) is 2. The van der Waals surface area contributed by atoms with E-state index in [0.717, 1.165) is 38.2 Å². The molecule has 2 amide bonds. The third-order valence-electron chi connectivity index (χ3n) is 3.01. The summed E-state index contributed by atoms with van der Waals surface area (Å²) in [6.45, 7) is 7.53. The van der Waals surface area contributed by atoms with Crippen molar-refractivity contribution in [1.29, 1.82) is 0 Å². The van der Waals surface area contributed by atoms with E-state index < -0.39 is 17.7 Å². The molecule has 1 aromatic carbocycles. The number of nitrogens with one attached hydrogen (secondary N) is 2. The summed E-state index contributed by atoms with van der Waals surface area (Å²) in [5.41, 5.74) is -0.0346. The summed E-state index contributed by atoms with van der Waals surface area (Å²) in [5, 5.41) is 4.99. The van der Waals surface area contributed by atoms with Gasteiger partial charge >= 0.3 is 6.03 Å². The molecule has 2 N–H and O–H groups in total. The summed E-state index contributed by atoms with van der Waals surface area (Å²) < 4.78 is 26.0. The smallest absolute Gasteiger partial charge is 0.319 e. The lowest BCUT2D eigenvalue weighted by atomic mass is 10.3. The molecule has 6 heteroatoms. The molecule has 112 valence electrons. The van der Waals surface area contributed by atoms with E-state index >= 15 is 0 Å². The van der Waals surface area contributed by atoms with Gasteiger partial charge in [0, 0.05) is 12.6 Å². The molecule has 0 saturated heterocycles. The molecule has 0 aliphatic carbocycles. The van der Waals surface area contributed by atoms with E-state index in [1.165, 1.54) is 6.07 Å². The number of carbonyl (C=O) groups excluding carboxylic acids is 1. The highest BCUT2D eigenvalue weighted by molar-refractivity contribution is 5.89. The van der Waals surface area contributed by atoms with Crippen molar-refractivity contribution in [3.05, 3.63) is 29.8 Å². The fourth-order valence-electron chi connectivity index (χ4n) is 1.80. The standard InChI is InChI=1S/C14H21F2N3O/c1-3-19(4-2)9-5-8-17-14(20)18-13-7-6-11(15)10-12(13)16/h6-7,10H,3-5,8-9H2,1-2H3,(H2,17,18,20). The van der Waals surface area contributed by atoms with Crippen LogP contribution in [-0.4, -0.2) is 37.1 Å². The third-order valence-corrected chi connectivity index (χ3v) is 3.01. The highest BCUT2D eigenvalue weighted by atomic mass is 19.1. The Kier molecular flexibility index (Phi) is 6.93. The predicted molar refractivity (Wildman–Crippen MR) is 75.8 cm³/mol. The van der Waals surface area contributed by atoms with E-state index in [4.69, 9.17) is 0 Å². The maximum Gasteiger partial charge on any atom is 0.319 e. The molecular weight excluding hydrogens is 264 g/mol. The van der Waals surface area contributed by atoms with Gasteiger partial charge in [-0.05, 0) is 38.2 Å². The first-order valence-corrected chi connectivity index (χ1v) is 6.79. The van der Waals surface area contributed by atoms with Crippen LogP contribution >= 0.6 is 0 Å². The summed E-state index contributed by atoms with van der Waals surface area (Å²) in [6.07, 6.45) is 0.820. The lowest BCUT2D eigenvalue weighted by Gasteiger charge is -2.17. The van der Waals surface area contributed by atoms with E-state index in [9.17, 15) is 13.6 Å². The van der Waals surface area contributed by atoms with Crippen molar-refractivity contribution in [3.8, 4) is 0 Å². The molecular formula is C14H21F2N3O. The van der Waals surface area contributed by atoms with Crippen LogP contribution in [0, 0.1) is 11.6 Å². The SMILES string of the molecule is CCN(CC)CCCNC(=O)Nc1ccc(F)cc1F. The number of benzene rings is 1. The van der Waals surface area contributed by atoms with Crippen molar-refractivity contribution in [2.45, 2.75) is 20.3 Å². The van der Waals surface area contributed by atoms with Gasteiger partial charge in [-0.25, -0.2) is 13.6 Å². The monoisotopic (exact) mass is 285 g/mol. The Hall–Kier alpha value is -1.69. The Morgan fingerprint density at radius 2 is 1.95 bits per heavy atom. The molecule has 4 nitrogen and oxygen atoms in total. The summed E-state index contributed by atoms with van der Waals surface area (Å²) in [6, 6.07) is 2.53. The van der Waals surface area contributed by atoms with Crippen molar-refractivity contribution in [2.75, 3.05) is 31.5 Å². The maximum atomic E-state index is 13.3. The van der Waals surface area contributed by atoms with Crippen LogP contribution in [0.4, 0.5) is 19.3 Å². The van der Waals surface area contributed by atoms with Gasteiger partial charge in [-0.15, -0.1) is 0 Å². The lowest BCUT2D eigenvalue weighted by Crippen LogP contribution is -2.32. The molecule has 0 unspecified atom stereocenters. The minimum Gasteiger partial charge on any atom is -0.338 e. The van der Waals surface area contributed by atoms with Gasteiger partial charge < -0.3 is 15.5 Å². The van der Waals surface area contributed by atoms with Crippen LogP contribution in [0.1, 0.15) is 20.3 Å². The normalized spacial score (nSPS) is 10.7. The Labute approximate surface area is 118 Å². The first-order valence-electron chi connectivity index (χ1n) is 6.79. The molecule has 1 aromatic rings. The van der Waals surface area contributed by atoms with E-state index in [-0.39, 0.29) is 5.69 Å². The largest absolute Gasteiger partial charge is 0.338 e. The van der Waals surface area contributed by atoms with Crippen molar-refractivity contribution in [3.63, 3.8) is 0 Å². The summed E-state index contributed by atoms with van der Waals surface area (Å²) >= 11 is 0. The highest BCUT2D eigenvalue weighted by Crippen LogP contribution is 2.14. The molecule has 0 atom stereocenters. The fourth-order valence-corrected chi connectivity index (χ4v) is 1.80. The zero-order valence-corrected chi connectivity index (χ0v) is 11.9. The number of urea groups is 1. The molecule has 0 aliphatic rings. The van der Waals surface area contributed by atoms with E-state index in [1.807, 2.05) is 0 Å². The van der Waals surface area contributed by atoms with Crippen LogP contribution < -0.4 is 10.6 Å². The van der Waals surface area contributed by atoms with Crippen molar-refractivity contribution in [2.24, 2.45) is 0 Å². The Morgan fingerprint density at radius 1 is 1.25 bits per heavy atom. The van der Waals surface area contributed by atoms with Crippen LogP contribution in [-0.2, 0) is 0 Å². The van der Waals surface area contributed by atoms with Gasteiger partial charge in [-0.2, -0.15) is 0 Å². The molecule has 20 heavy (non-hydrogen) atoms. The molecule has 0 bridgehead atoms. The maximum absolute atomic E-state index is 13.3. The zero-order valence-electron chi connectivity index (χ0n) is 11.9. The molecule has 1 rings (SSSR count). The van der Waals surface area contributed by atoms with Gasteiger partial charge in [0.1, 0.15) is 11.6 Å². The Bertz CT molecular complexity index is 436. The van der Waals surface area contributed by atoms with Gasteiger partial charge in [0.25, 0.3) is 0 Å². The third kappa shape index (κ3) is 5.52. The van der Waals surface area contributed by atoms with Crippen LogP contribution in [0.2, 0.25) is 0 Å². The van der Waals surface area contributed by atoms with Crippen molar-refractivity contribution < 1.29 is 13.6 Å². The number of amides is 2. The molecule has 0 heterocycles. The second-order valence-electron chi connectivity index (χ2n) is 4.39. The molecule has 0 radical (unpaired) electrons. The zero-order chi connectivity index (χ0) is 15.0. The number of anilines is 1. The summed E-state index contributed by atoms with van der Waals surface area (Å²) in [5.74, 6) is -1.46. The van der Waals surface area contributed by atoms with Crippen LogP contribution in [0.3, 0.4) is 0 Å². The van der Waals surface area contributed by atoms with Gasteiger partial charge in [-0.3, -0.25) is 0 Å². The van der Waals surface area contributed by atoms with E-state index in [0.29, 0.717) is 6.54 Å². The summed E-state index contributed by atoms with van der Waals surface area (Å²) in [7, 11) is 0. The first kappa shape index (κ1) is 16.4. The molecule has 0 saturated carbocycles. The minimum atomic E-state index is -0.789. The Morgan fingerprint density at radius 3 is 2.55 bits per heavy atom.